The summed E-state index contributed by atoms with van der Waals surface area (Å²) in [6.45, 7) is 7.62. The van der Waals surface area contributed by atoms with Gasteiger partial charge in [0.2, 0.25) is 0 Å². The summed E-state index contributed by atoms with van der Waals surface area (Å²) in [7, 11) is 2.21. The van der Waals surface area contributed by atoms with E-state index < -0.39 is 0 Å². The van der Waals surface area contributed by atoms with Crippen molar-refractivity contribution in [1.82, 2.24) is 9.80 Å². The summed E-state index contributed by atoms with van der Waals surface area (Å²) >= 11 is 0. The monoisotopic (exact) mass is 224 g/mol. The minimum absolute atomic E-state index is 0.228. The van der Waals surface area contributed by atoms with Gasteiger partial charge in [-0.1, -0.05) is 6.92 Å². The molecule has 2 N–H and O–H groups in total. The fourth-order valence-electron chi connectivity index (χ4n) is 3.02. The topological polar surface area (TPSA) is 44.9 Å². The van der Waals surface area contributed by atoms with Crippen molar-refractivity contribution in [1.29, 1.82) is 0 Å². The molecular weight excluding hydrogens is 200 g/mol. The summed E-state index contributed by atoms with van der Waals surface area (Å²) in [5.74, 6) is 0.763. The van der Waals surface area contributed by atoms with Gasteiger partial charge in [0.25, 0.3) is 0 Å². The van der Waals surface area contributed by atoms with E-state index in [0.29, 0.717) is 6.04 Å². The summed E-state index contributed by atoms with van der Waals surface area (Å²) in [5, 5.41) is 0. The average molecular weight is 224 g/mol. The van der Waals surface area contributed by atoms with Gasteiger partial charge in [-0.3, -0.25) is 4.99 Å². The minimum atomic E-state index is 0.228. The van der Waals surface area contributed by atoms with Crippen LogP contribution in [0.4, 0.5) is 0 Å². The van der Waals surface area contributed by atoms with E-state index in [9.17, 15) is 0 Å². The zero-order valence-corrected chi connectivity index (χ0v) is 10.7. The number of piperidine rings is 1. The van der Waals surface area contributed by atoms with Crippen molar-refractivity contribution in [2.45, 2.75) is 44.7 Å². The smallest absolute Gasteiger partial charge is 0.191 e. The van der Waals surface area contributed by atoms with E-state index in [1.807, 2.05) is 0 Å². The molecule has 92 valence electrons. The highest BCUT2D eigenvalue weighted by Crippen LogP contribution is 2.35. The summed E-state index contributed by atoms with van der Waals surface area (Å²) < 4.78 is 0. The van der Waals surface area contributed by atoms with Crippen LogP contribution in [0.25, 0.3) is 0 Å². The van der Waals surface area contributed by atoms with E-state index in [4.69, 9.17) is 5.73 Å². The highest BCUT2D eigenvalue weighted by atomic mass is 15.4. The molecule has 2 heterocycles. The number of hydrogen-bond donors (Lipinski definition) is 1. The Morgan fingerprint density at radius 2 is 2.31 bits per heavy atom. The quantitative estimate of drug-likeness (QED) is 0.757. The van der Waals surface area contributed by atoms with Crippen LogP contribution >= 0.6 is 0 Å². The molecule has 0 radical (unpaired) electrons. The molecule has 0 aromatic rings. The fourth-order valence-corrected chi connectivity index (χ4v) is 3.02. The van der Waals surface area contributed by atoms with Gasteiger partial charge in [0.05, 0.1) is 12.1 Å². The number of hydrogen-bond acceptors (Lipinski definition) is 4. The standard InChI is InChI=1S/C12H24N4/c1-4-6-16-11(13)14-9-12(16)5-7-15(3)10(2)8-12/h10H,4-9H2,1-3H3,(H2,13,14). The summed E-state index contributed by atoms with van der Waals surface area (Å²) in [6, 6.07) is 0.634. The van der Waals surface area contributed by atoms with Gasteiger partial charge in [0, 0.05) is 19.1 Å². The van der Waals surface area contributed by atoms with E-state index in [1.165, 1.54) is 12.8 Å². The Bertz CT molecular complexity index is 289. The van der Waals surface area contributed by atoms with Crippen molar-refractivity contribution in [3.05, 3.63) is 0 Å². The average Bonchev–Trinajstić information content (AvgIpc) is 2.54. The molecule has 4 heteroatoms. The molecule has 2 unspecified atom stereocenters. The van der Waals surface area contributed by atoms with Gasteiger partial charge in [0.1, 0.15) is 0 Å². The van der Waals surface area contributed by atoms with E-state index in [1.54, 1.807) is 0 Å². The molecule has 2 atom stereocenters. The van der Waals surface area contributed by atoms with Gasteiger partial charge in [0.15, 0.2) is 5.96 Å². The van der Waals surface area contributed by atoms with Crippen LogP contribution in [-0.4, -0.2) is 54.0 Å². The first-order chi connectivity index (χ1) is 7.59. The van der Waals surface area contributed by atoms with Crippen molar-refractivity contribution >= 4 is 5.96 Å². The highest BCUT2D eigenvalue weighted by Gasteiger charge is 2.45. The van der Waals surface area contributed by atoms with Crippen molar-refractivity contribution in [3.8, 4) is 0 Å². The lowest BCUT2D eigenvalue weighted by atomic mass is 9.83. The van der Waals surface area contributed by atoms with Crippen molar-refractivity contribution < 1.29 is 0 Å². The maximum absolute atomic E-state index is 6.01. The highest BCUT2D eigenvalue weighted by molar-refractivity contribution is 5.81. The van der Waals surface area contributed by atoms with Crippen LogP contribution < -0.4 is 5.73 Å². The Labute approximate surface area is 98.5 Å². The molecule has 2 aliphatic heterocycles. The first-order valence-corrected chi connectivity index (χ1v) is 6.37. The van der Waals surface area contributed by atoms with Crippen molar-refractivity contribution in [2.75, 3.05) is 26.7 Å². The molecule has 16 heavy (non-hydrogen) atoms. The molecule has 1 spiro atoms. The Balaban J connectivity index is 2.13. The summed E-state index contributed by atoms with van der Waals surface area (Å²) in [5.41, 5.74) is 6.24. The Hall–Kier alpha value is -0.770. The molecule has 4 nitrogen and oxygen atoms in total. The van der Waals surface area contributed by atoms with Crippen LogP contribution in [0.5, 0.6) is 0 Å². The third-order valence-electron chi connectivity index (χ3n) is 4.19. The van der Waals surface area contributed by atoms with Crippen LogP contribution in [0.3, 0.4) is 0 Å². The number of nitrogens with two attached hydrogens (primary N) is 1. The molecule has 2 rings (SSSR count). The SMILES string of the molecule is CCCN1C(N)=NCC12CCN(C)C(C)C2. The van der Waals surface area contributed by atoms with Crippen LogP contribution in [0.2, 0.25) is 0 Å². The van der Waals surface area contributed by atoms with E-state index in [-0.39, 0.29) is 5.54 Å². The minimum Gasteiger partial charge on any atom is -0.370 e. The molecule has 0 amide bonds. The lowest BCUT2D eigenvalue weighted by molar-refractivity contribution is 0.0633. The number of nitrogens with zero attached hydrogens (tertiary/aromatic N) is 3. The number of rotatable bonds is 2. The number of likely N-dealkylation sites (tertiary alicyclic amines) is 1. The van der Waals surface area contributed by atoms with E-state index >= 15 is 0 Å². The zero-order chi connectivity index (χ0) is 11.8. The Morgan fingerprint density at radius 3 is 2.94 bits per heavy atom. The second kappa shape index (κ2) is 4.24. The molecule has 0 aromatic heterocycles. The summed E-state index contributed by atoms with van der Waals surface area (Å²) in [4.78, 5) is 9.27. The lowest BCUT2D eigenvalue weighted by Crippen LogP contribution is -2.59. The zero-order valence-electron chi connectivity index (χ0n) is 10.7. The molecule has 1 fully saturated rings. The fraction of sp³-hybridized carbons (Fsp3) is 0.917. The molecule has 2 aliphatic rings. The second-order valence-corrected chi connectivity index (χ2v) is 5.33. The van der Waals surface area contributed by atoms with Gasteiger partial charge >= 0.3 is 0 Å². The third-order valence-corrected chi connectivity index (χ3v) is 4.19. The molecule has 0 saturated carbocycles. The number of aliphatic imine (C=N–C) groups is 1. The third kappa shape index (κ3) is 1.79. The predicted octanol–water partition coefficient (Wildman–Crippen LogP) is 0.880. The van der Waals surface area contributed by atoms with Gasteiger partial charge in [-0.25, -0.2) is 0 Å². The largest absolute Gasteiger partial charge is 0.370 e. The van der Waals surface area contributed by atoms with Crippen molar-refractivity contribution in [2.24, 2.45) is 10.7 Å². The van der Waals surface area contributed by atoms with E-state index in [0.717, 1.165) is 32.0 Å². The molecule has 0 aliphatic carbocycles. The first kappa shape index (κ1) is 11.7. The predicted molar refractivity (Wildman–Crippen MR) is 67.5 cm³/mol. The number of guanidine groups is 1. The van der Waals surface area contributed by atoms with Crippen molar-refractivity contribution in [3.63, 3.8) is 0 Å². The van der Waals surface area contributed by atoms with Crippen LogP contribution in [-0.2, 0) is 0 Å². The van der Waals surface area contributed by atoms with Gasteiger partial charge in [-0.15, -0.1) is 0 Å². The van der Waals surface area contributed by atoms with Crippen LogP contribution in [0.15, 0.2) is 4.99 Å². The normalized spacial score (nSPS) is 35.8. The van der Waals surface area contributed by atoms with Gasteiger partial charge in [-0.05, 0) is 33.2 Å². The molecule has 0 aromatic carbocycles. The van der Waals surface area contributed by atoms with E-state index in [2.05, 4.69) is 35.7 Å². The molecular formula is C12H24N4. The van der Waals surface area contributed by atoms with Gasteiger partial charge in [-0.2, -0.15) is 0 Å². The Kier molecular flexibility index (Phi) is 3.10. The molecule has 0 bridgehead atoms. The lowest BCUT2D eigenvalue weighted by Gasteiger charge is -2.47. The Morgan fingerprint density at radius 1 is 1.56 bits per heavy atom. The van der Waals surface area contributed by atoms with Crippen LogP contribution in [0, 0.1) is 0 Å². The maximum atomic E-state index is 6.01. The van der Waals surface area contributed by atoms with Crippen LogP contribution in [0.1, 0.15) is 33.1 Å². The summed E-state index contributed by atoms with van der Waals surface area (Å²) in [6.07, 6.45) is 3.52. The maximum Gasteiger partial charge on any atom is 0.191 e. The first-order valence-electron chi connectivity index (χ1n) is 6.37. The molecule has 1 saturated heterocycles. The second-order valence-electron chi connectivity index (χ2n) is 5.33. The van der Waals surface area contributed by atoms with Gasteiger partial charge < -0.3 is 15.5 Å².